The number of ether oxygens (including phenoxy) is 2. The van der Waals surface area contributed by atoms with Crippen LogP contribution < -0.4 is 0 Å². The summed E-state index contributed by atoms with van der Waals surface area (Å²) in [5, 5.41) is 0. The standard InChI is InChI=1S/C28H47NO4.BrH/c1-8-9-18-29(21-28(31)33-20-17-26(7)15-11-13-24(4)5)27(22-30)32-19-16-25(6)14-10-12-23(2)3;/h12-13,22,27H,6-11,14-21H2,1-5H3;1H. The molecule has 0 aliphatic heterocycles. The fourth-order valence-electron chi connectivity index (χ4n) is 3.11. The van der Waals surface area contributed by atoms with E-state index in [4.69, 9.17) is 9.47 Å². The zero-order chi connectivity index (χ0) is 25.1. The highest BCUT2D eigenvalue weighted by atomic mass is 79.9. The number of allylic oxidation sites excluding steroid dienone is 4. The van der Waals surface area contributed by atoms with Crippen LogP contribution in [0.4, 0.5) is 0 Å². The van der Waals surface area contributed by atoms with Gasteiger partial charge in [0.25, 0.3) is 0 Å². The molecule has 0 heterocycles. The SMILES string of the molecule is Br.C=C(CCC=C(C)C)CCOC(=O)CN(CCCC)C(C=O)OCCC(=C)CCC=C(C)C. The summed E-state index contributed by atoms with van der Waals surface area (Å²) in [5.41, 5.74) is 4.76. The average molecular weight is 543 g/mol. The molecule has 0 saturated heterocycles. The number of nitrogens with zero attached hydrogens (tertiary/aromatic N) is 1. The quantitative estimate of drug-likeness (QED) is 0.0709. The van der Waals surface area contributed by atoms with E-state index in [0.29, 0.717) is 32.6 Å². The first-order valence-electron chi connectivity index (χ1n) is 12.3. The number of hydrogen-bond donors (Lipinski definition) is 0. The molecule has 0 amide bonds. The van der Waals surface area contributed by atoms with Crippen molar-refractivity contribution in [1.29, 1.82) is 0 Å². The topological polar surface area (TPSA) is 55.8 Å². The molecule has 0 aliphatic rings. The highest BCUT2D eigenvalue weighted by Crippen LogP contribution is 2.12. The normalized spacial score (nSPS) is 11.2. The second-order valence-electron chi connectivity index (χ2n) is 9.08. The molecule has 1 atom stereocenters. The molecule has 0 aromatic carbocycles. The first kappa shape index (κ1) is 34.7. The van der Waals surface area contributed by atoms with Gasteiger partial charge in [-0.3, -0.25) is 14.5 Å². The number of carbonyl (C=O) groups excluding carboxylic acids is 2. The first-order valence-corrected chi connectivity index (χ1v) is 12.3. The van der Waals surface area contributed by atoms with E-state index in [1.807, 2.05) is 0 Å². The average Bonchev–Trinajstić information content (AvgIpc) is 2.73. The van der Waals surface area contributed by atoms with Crippen molar-refractivity contribution in [3.63, 3.8) is 0 Å². The van der Waals surface area contributed by atoms with Crippen LogP contribution in [0.2, 0.25) is 0 Å². The van der Waals surface area contributed by atoms with Crippen LogP contribution in [-0.4, -0.2) is 49.7 Å². The van der Waals surface area contributed by atoms with Crippen molar-refractivity contribution in [3.8, 4) is 0 Å². The Morgan fingerprint density at radius 3 is 1.91 bits per heavy atom. The lowest BCUT2D eigenvalue weighted by Crippen LogP contribution is -2.43. The van der Waals surface area contributed by atoms with Crippen molar-refractivity contribution in [2.24, 2.45) is 0 Å². The Morgan fingerprint density at radius 1 is 0.912 bits per heavy atom. The number of aldehydes is 1. The predicted octanol–water partition coefficient (Wildman–Crippen LogP) is 7.14. The summed E-state index contributed by atoms with van der Waals surface area (Å²) in [5.74, 6) is -0.343. The molecule has 0 saturated carbocycles. The van der Waals surface area contributed by atoms with Crippen molar-refractivity contribution >= 4 is 29.2 Å². The van der Waals surface area contributed by atoms with Crippen molar-refractivity contribution in [3.05, 3.63) is 47.6 Å². The largest absolute Gasteiger partial charge is 0.464 e. The van der Waals surface area contributed by atoms with Crippen molar-refractivity contribution in [2.75, 3.05) is 26.3 Å². The molecule has 0 aromatic heterocycles. The molecule has 0 aliphatic carbocycles. The molecule has 0 bridgehead atoms. The molecule has 6 heteroatoms. The van der Waals surface area contributed by atoms with Gasteiger partial charge in [-0.2, -0.15) is 0 Å². The van der Waals surface area contributed by atoms with E-state index in [1.165, 1.54) is 11.1 Å². The Balaban J connectivity index is 0. The molecular weight excluding hydrogens is 494 g/mol. The lowest BCUT2D eigenvalue weighted by molar-refractivity contribution is -0.151. The van der Waals surface area contributed by atoms with Crippen LogP contribution in [0.1, 0.15) is 86.0 Å². The number of hydrogen-bond acceptors (Lipinski definition) is 5. The van der Waals surface area contributed by atoms with Crippen LogP contribution in [0.15, 0.2) is 47.6 Å². The minimum Gasteiger partial charge on any atom is -0.464 e. The highest BCUT2D eigenvalue weighted by Gasteiger charge is 2.21. The summed E-state index contributed by atoms with van der Waals surface area (Å²) in [7, 11) is 0. The van der Waals surface area contributed by atoms with E-state index in [-0.39, 0.29) is 29.5 Å². The molecule has 0 aromatic rings. The molecule has 0 rings (SSSR count). The Bertz CT molecular complexity index is 661. The smallest absolute Gasteiger partial charge is 0.320 e. The van der Waals surface area contributed by atoms with Crippen LogP contribution in [0.3, 0.4) is 0 Å². The van der Waals surface area contributed by atoms with Gasteiger partial charge in [0.15, 0.2) is 12.5 Å². The maximum absolute atomic E-state index is 12.4. The molecule has 196 valence electrons. The Hall–Kier alpha value is -1.50. The van der Waals surface area contributed by atoms with Gasteiger partial charge in [0, 0.05) is 13.0 Å². The second-order valence-corrected chi connectivity index (χ2v) is 9.08. The van der Waals surface area contributed by atoms with E-state index in [9.17, 15) is 9.59 Å². The predicted molar refractivity (Wildman–Crippen MR) is 148 cm³/mol. The molecule has 0 fully saturated rings. The third-order valence-corrected chi connectivity index (χ3v) is 5.17. The summed E-state index contributed by atoms with van der Waals surface area (Å²) in [6.45, 7) is 19.9. The molecule has 1 unspecified atom stereocenters. The monoisotopic (exact) mass is 541 g/mol. The summed E-state index contributed by atoms with van der Waals surface area (Å²) in [4.78, 5) is 25.8. The van der Waals surface area contributed by atoms with E-state index in [2.05, 4.69) is 59.9 Å². The number of unbranched alkanes of at least 4 members (excludes halogenated alkanes) is 1. The number of rotatable bonds is 20. The minimum atomic E-state index is -0.756. The van der Waals surface area contributed by atoms with Gasteiger partial charge in [-0.1, -0.05) is 60.9 Å². The maximum atomic E-state index is 12.4. The van der Waals surface area contributed by atoms with Crippen LogP contribution in [-0.2, 0) is 19.1 Å². The maximum Gasteiger partial charge on any atom is 0.320 e. The third-order valence-electron chi connectivity index (χ3n) is 5.17. The Morgan fingerprint density at radius 2 is 1.44 bits per heavy atom. The number of esters is 1. The summed E-state index contributed by atoms with van der Waals surface area (Å²) >= 11 is 0. The van der Waals surface area contributed by atoms with Crippen LogP contribution in [0.25, 0.3) is 0 Å². The van der Waals surface area contributed by atoms with Gasteiger partial charge < -0.3 is 9.47 Å². The van der Waals surface area contributed by atoms with Gasteiger partial charge in [0.2, 0.25) is 0 Å². The van der Waals surface area contributed by atoms with Crippen molar-refractivity contribution in [1.82, 2.24) is 4.90 Å². The zero-order valence-electron chi connectivity index (χ0n) is 22.2. The molecule has 5 nitrogen and oxygen atoms in total. The number of halogens is 1. The Kier molecular flexibility index (Phi) is 22.4. The van der Waals surface area contributed by atoms with Gasteiger partial charge in [-0.05, 0) is 66.2 Å². The highest BCUT2D eigenvalue weighted by molar-refractivity contribution is 8.93. The molecule has 0 radical (unpaired) electrons. The first-order chi connectivity index (χ1) is 15.7. The number of carbonyl (C=O) groups is 2. The minimum absolute atomic E-state index is 0. The van der Waals surface area contributed by atoms with Crippen molar-refractivity contribution in [2.45, 2.75) is 92.2 Å². The Labute approximate surface area is 219 Å². The molecular formula is C28H48BrNO4. The van der Waals surface area contributed by atoms with Crippen molar-refractivity contribution < 1.29 is 19.1 Å². The molecule has 0 N–H and O–H groups in total. The van der Waals surface area contributed by atoms with E-state index in [1.54, 1.807) is 4.90 Å². The molecule has 0 spiro atoms. The summed E-state index contributed by atoms with van der Waals surface area (Å²) in [6.07, 6.45) is 11.3. The van der Waals surface area contributed by atoms with E-state index in [0.717, 1.165) is 56.0 Å². The lowest BCUT2D eigenvalue weighted by Gasteiger charge is -2.27. The van der Waals surface area contributed by atoms with Gasteiger partial charge >= 0.3 is 5.97 Å². The van der Waals surface area contributed by atoms with Gasteiger partial charge in [-0.15, -0.1) is 17.0 Å². The summed E-state index contributed by atoms with van der Waals surface area (Å²) < 4.78 is 11.2. The third kappa shape index (κ3) is 19.9. The van der Waals surface area contributed by atoms with Crippen LogP contribution in [0, 0.1) is 0 Å². The van der Waals surface area contributed by atoms with E-state index < -0.39 is 6.23 Å². The van der Waals surface area contributed by atoms with Gasteiger partial charge in [-0.25, -0.2) is 0 Å². The lowest BCUT2D eigenvalue weighted by atomic mass is 10.1. The second kappa shape index (κ2) is 22.0. The fraction of sp³-hybridized carbons (Fsp3) is 0.643. The van der Waals surface area contributed by atoms with Gasteiger partial charge in [0.1, 0.15) is 0 Å². The van der Waals surface area contributed by atoms with Gasteiger partial charge in [0.05, 0.1) is 19.8 Å². The van der Waals surface area contributed by atoms with E-state index >= 15 is 0 Å². The fourth-order valence-corrected chi connectivity index (χ4v) is 3.11. The van der Waals surface area contributed by atoms with Crippen LogP contribution in [0.5, 0.6) is 0 Å². The molecule has 34 heavy (non-hydrogen) atoms. The zero-order valence-corrected chi connectivity index (χ0v) is 23.9. The van der Waals surface area contributed by atoms with Crippen LogP contribution >= 0.6 is 17.0 Å². The summed E-state index contributed by atoms with van der Waals surface area (Å²) in [6, 6.07) is 0.